The third kappa shape index (κ3) is 3.25. The third-order valence-electron chi connectivity index (χ3n) is 4.50. The van der Waals surface area contributed by atoms with E-state index in [1.165, 1.54) is 5.56 Å². The molecule has 0 spiro atoms. The Morgan fingerprint density at radius 1 is 1.40 bits per heavy atom. The molecule has 0 saturated carbocycles. The average Bonchev–Trinajstić information content (AvgIpc) is 3.23. The first-order valence-corrected chi connectivity index (χ1v) is 9.15. The number of hydrogen-bond acceptors (Lipinski definition) is 4. The van der Waals surface area contributed by atoms with Gasteiger partial charge in [0.2, 0.25) is 0 Å². The first-order chi connectivity index (χ1) is 12.0. The Balaban J connectivity index is 1.71. The minimum Gasteiger partial charge on any atom is -0.501 e. The number of pyridine rings is 1. The maximum atomic E-state index is 10.4. The van der Waals surface area contributed by atoms with Gasteiger partial charge in [-0.1, -0.05) is 0 Å². The molecule has 128 valence electrons. The summed E-state index contributed by atoms with van der Waals surface area (Å²) < 4.78 is 5.37. The number of ether oxygens (including phenoxy) is 1. The SMILES string of the molecule is COC1=CC(Cc2c[nH]c3ncc(-c4ccsc4)cc23)=CC(C)(O)C1. The lowest BCUT2D eigenvalue weighted by Gasteiger charge is -2.26. The Hall–Kier alpha value is -2.37. The Morgan fingerprint density at radius 3 is 3.04 bits per heavy atom. The van der Waals surface area contributed by atoms with Gasteiger partial charge in [0.05, 0.1) is 18.5 Å². The van der Waals surface area contributed by atoms with Crippen molar-refractivity contribution in [3.63, 3.8) is 0 Å². The second-order valence-corrected chi connectivity index (χ2v) is 7.47. The van der Waals surface area contributed by atoms with E-state index in [0.717, 1.165) is 39.9 Å². The number of thiophene rings is 1. The molecule has 5 heteroatoms. The van der Waals surface area contributed by atoms with E-state index in [1.54, 1.807) is 18.4 Å². The van der Waals surface area contributed by atoms with Gasteiger partial charge >= 0.3 is 0 Å². The summed E-state index contributed by atoms with van der Waals surface area (Å²) in [6.07, 6.45) is 9.07. The zero-order valence-electron chi connectivity index (χ0n) is 14.2. The van der Waals surface area contributed by atoms with Gasteiger partial charge in [-0.15, -0.1) is 0 Å². The molecule has 0 aliphatic heterocycles. The summed E-state index contributed by atoms with van der Waals surface area (Å²) in [5.41, 5.74) is 4.53. The average molecular weight is 352 g/mol. The van der Waals surface area contributed by atoms with Crippen molar-refractivity contribution in [1.82, 2.24) is 9.97 Å². The van der Waals surface area contributed by atoms with Gasteiger partial charge in [-0.05, 0) is 65.1 Å². The van der Waals surface area contributed by atoms with Gasteiger partial charge in [0.25, 0.3) is 0 Å². The van der Waals surface area contributed by atoms with Crippen LogP contribution in [0.1, 0.15) is 18.9 Å². The number of H-pyrrole nitrogens is 1. The molecule has 2 N–H and O–H groups in total. The summed E-state index contributed by atoms with van der Waals surface area (Å²) in [5.74, 6) is 0.805. The van der Waals surface area contributed by atoms with Crippen molar-refractivity contribution < 1.29 is 9.84 Å². The van der Waals surface area contributed by atoms with Gasteiger partial charge in [0.15, 0.2) is 0 Å². The fraction of sp³-hybridized carbons (Fsp3) is 0.250. The van der Waals surface area contributed by atoms with Crippen molar-refractivity contribution >= 4 is 22.4 Å². The number of fused-ring (bicyclic) bond motifs is 1. The van der Waals surface area contributed by atoms with Gasteiger partial charge in [-0.25, -0.2) is 4.98 Å². The zero-order valence-corrected chi connectivity index (χ0v) is 15.1. The lowest BCUT2D eigenvalue weighted by atomic mass is 9.89. The van der Waals surface area contributed by atoms with E-state index < -0.39 is 5.60 Å². The van der Waals surface area contributed by atoms with Crippen molar-refractivity contribution in [2.75, 3.05) is 7.11 Å². The van der Waals surface area contributed by atoms with Crippen LogP contribution in [0.25, 0.3) is 22.2 Å². The number of nitrogens with zero attached hydrogens (tertiary/aromatic N) is 1. The standard InChI is InChI=1S/C20H20N2O2S/c1-20(23)8-13(6-17(9-20)24-2)5-16-11-22-19-18(16)7-15(10-21-19)14-3-4-25-12-14/h3-4,6-8,10-12,23H,5,9H2,1-2H3,(H,21,22). The molecule has 3 heterocycles. The molecule has 0 saturated heterocycles. The van der Waals surface area contributed by atoms with Crippen LogP contribution in [0, 0.1) is 0 Å². The van der Waals surface area contributed by atoms with Crippen LogP contribution in [0.4, 0.5) is 0 Å². The predicted octanol–water partition coefficient (Wildman–Crippen LogP) is 4.45. The van der Waals surface area contributed by atoms with E-state index in [9.17, 15) is 5.11 Å². The highest BCUT2D eigenvalue weighted by Crippen LogP contribution is 2.31. The Labute approximate surface area is 150 Å². The Kier molecular flexibility index (Phi) is 3.98. The van der Waals surface area contributed by atoms with E-state index in [4.69, 9.17) is 4.74 Å². The largest absolute Gasteiger partial charge is 0.501 e. The molecule has 1 aliphatic carbocycles. The second-order valence-electron chi connectivity index (χ2n) is 6.69. The van der Waals surface area contributed by atoms with Crippen molar-refractivity contribution in [3.05, 3.63) is 64.3 Å². The fourth-order valence-electron chi connectivity index (χ4n) is 3.35. The number of hydrogen-bond donors (Lipinski definition) is 2. The molecule has 3 aromatic heterocycles. The number of methoxy groups -OCH3 is 1. The zero-order chi connectivity index (χ0) is 17.4. The van der Waals surface area contributed by atoms with Crippen molar-refractivity contribution in [3.8, 4) is 11.1 Å². The minimum atomic E-state index is -0.873. The molecule has 1 atom stereocenters. The number of aliphatic hydroxyl groups is 1. The van der Waals surface area contributed by atoms with Crippen LogP contribution in [-0.2, 0) is 11.2 Å². The number of nitrogens with one attached hydrogen (secondary N) is 1. The normalized spacial score (nSPS) is 20.4. The van der Waals surface area contributed by atoms with E-state index in [-0.39, 0.29) is 0 Å². The first-order valence-electron chi connectivity index (χ1n) is 8.21. The quantitative estimate of drug-likeness (QED) is 0.729. The van der Waals surface area contributed by atoms with E-state index in [2.05, 4.69) is 32.9 Å². The van der Waals surface area contributed by atoms with Gasteiger partial charge in [0, 0.05) is 29.8 Å². The molecule has 0 bridgehead atoms. The van der Waals surface area contributed by atoms with Crippen molar-refractivity contribution in [2.24, 2.45) is 0 Å². The lowest BCUT2D eigenvalue weighted by Crippen LogP contribution is -2.25. The third-order valence-corrected chi connectivity index (χ3v) is 5.19. The fourth-order valence-corrected chi connectivity index (χ4v) is 4.01. The van der Waals surface area contributed by atoms with Crippen LogP contribution < -0.4 is 0 Å². The summed E-state index contributed by atoms with van der Waals surface area (Å²) in [7, 11) is 1.65. The Morgan fingerprint density at radius 2 is 2.28 bits per heavy atom. The van der Waals surface area contributed by atoms with E-state index in [0.29, 0.717) is 6.42 Å². The topological polar surface area (TPSA) is 58.1 Å². The highest BCUT2D eigenvalue weighted by atomic mass is 32.1. The summed E-state index contributed by atoms with van der Waals surface area (Å²) in [5, 5.41) is 15.8. The highest BCUT2D eigenvalue weighted by Gasteiger charge is 2.25. The number of allylic oxidation sites excluding steroid dienone is 2. The molecule has 0 aromatic carbocycles. The molecular formula is C20H20N2O2S. The number of rotatable bonds is 4. The molecule has 0 fully saturated rings. The molecule has 4 rings (SSSR count). The summed E-state index contributed by atoms with van der Waals surface area (Å²) in [6, 6.07) is 4.28. The van der Waals surface area contributed by atoms with Crippen LogP contribution >= 0.6 is 11.3 Å². The van der Waals surface area contributed by atoms with Crippen molar-refractivity contribution in [2.45, 2.75) is 25.4 Å². The molecule has 1 unspecified atom stereocenters. The number of aromatic nitrogens is 2. The van der Waals surface area contributed by atoms with Gasteiger partial charge < -0.3 is 14.8 Å². The molecule has 3 aromatic rings. The predicted molar refractivity (Wildman–Crippen MR) is 102 cm³/mol. The maximum absolute atomic E-state index is 10.4. The van der Waals surface area contributed by atoms with Crippen LogP contribution in [0.5, 0.6) is 0 Å². The highest BCUT2D eigenvalue weighted by molar-refractivity contribution is 7.08. The molecule has 4 nitrogen and oxygen atoms in total. The maximum Gasteiger partial charge on any atom is 0.137 e. The van der Waals surface area contributed by atoms with Crippen LogP contribution in [0.15, 0.2) is 58.8 Å². The second kappa shape index (κ2) is 6.17. The summed E-state index contributed by atoms with van der Waals surface area (Å²) >= 11 is 1.68. The van der Waals surface area contributed by atoms with Gasteiger partial charge in [-0.3, -0.25) is 0 Å². The molecule has 25 heavy (non-hydrogen) atoms. The summed E-state index contributed by atoms with van der Waals surface area (Å²) in [6.45, 7) is 1.81. The van der Waals surface area contributed by atoms with Crippen molar-refractivity contribution in [1.29, 1.82) is 0 Å². The molecule has 0 radical (unpaired) electrons. The minimum absolute atomic E-state index is 0.505. The van der Waals surface area contributed by atoms with Crippen LogP contribution in [-0.4, -0.2) is 27.8 Å². The Bertz CT molecular complexity index is 965. The lowest BCUT2D eigenvalue weighted by molar-refractivity contribution is 0.0886. The number of aromatic amines is 1. The summed E-state index contributed by atoms with van der Waals surface area (Å²) in [4.78, 5) is 7.80. The van der Waals surface area contributed by atoms with Gasteiger partial charge in [-0.2, -0.15) is 11.3 Å². The molecular weight excluding hydrogens is 332 g/mol. The monoisotopic (exact) mass is 352 g/mol. The molecule has 1 aliphatic rings. The van der Waals surface area contributed by atoms with Crippen LogP contribution in [0.2, 0.25) is 0 Å². The molecule has 0 amide bonds. The van der Waals surface area contributed by atoms with Gasteiger partial charge in [0.1, 0.15) is 5.65 Å². The van der Waals surface area contributed by atoms with Crippen LogP contribution in [0.3, 0.4) is 0 Å². The van der Waals surface area contributed by atoms with E-state index >= 15 is 0 Å². The van der Waals surface area contributed by atoms with E-state index in [1.807, 2.05) is 31.5 Å². The first kappa shape index (κ1) is 16.1. The smallest absolute Gasteiger partial charge is 0.137 e.